The molecule has 0 saturated heterocycles. The topological polar surface area (TPSA) is 67.2 Å². The summed E-state index contributed by atoms with van der Waals surface area (Å²) in [6.45, 7) is 11.7. The van der Waals surface area contributed by atoms with Crippen molar-refractivity contribution in [2.24, 2.45) is 13.0 Å². The lowest BCUT2D eigenvalue weighted by Crippen LogP contribution is -2.26. The van der Waals surface area contributed by atoms with Crippen LogP contribution in [0.5, 0.6) is 0 Å². The van der Waals surface area contributed by atoms with Gasteiger partial charge < -0.3 is 10.4 Å². The molecule has 0 aliphatic rings. The first-order chi connectivity index (χ1) is 11.7. The van der Waals surface area contributed by atoms with E-state index in [0.29, 0.717) is 29.3 Å². The minimum absolute atomic E-state index is 0.219. The third-order valence-corrected chi connectivity index (χ3v) is 3.82. The maximum atomic E-state index is 12.5. The standard InChI is InChI=1S/C18H25N3O2.C2H6/c1-12(2)10-18(4,23)15-8-6-7-9-16(15)19-17(22)14-11-21(5)20-13(14)3;1-2/h6-9,11-12,23H,10H2,1-5H3,(H,19,22);1-2H3. The van der Waals surface area contributed by atoms with E-state index in [1.165, 1.54) is 0 Å². The fraction of sp³-hybridized carbons (Fsp3) is 0.500. The second-order valence-corrected chi connectivity index (χ2v) is 6.67. The zero-order valence-corrected chi connectivity index (χ0v) is 16.4. The van der Waals surface area contributed by atoms with Crippen LogP contribution in [0.4, 0.5) is 5.69 Å². The number of rotatable bonds is 5. The maximum Gasteiger partial charge on any atom is 0.259 e. The first-order valence-electron chi connectivity index (χ1n) is 8.84. The Kier molecular flexibility index (Phi) is 7.37. The van der Waals surface area contributed by atoms with Crippen LogP contribution in [0.3, 0.4) is 0 Å². The number of hydrogen-bond donors (Lipinski definition) is 2. The lowest BCUT2D eigenvalue weighted by Gasteiger charge is -2.28. The molecule has 2 rings (SSSR count). The number of carbonyl (C=O) groups excluding carboxylic acids is 1. The van der Waals surface area contributed by atoms with Gasteiger partial charge in [0.25, 0.3) is 5.91 Å². The average Bonchev–Trinajstić information content (AvgIpc) is 2.87. The van der Waals surface area contributed by atoms with Gasteiger partial charge in [0, 0.05) is 24.5 Å². The van der Waals surface area contributed by atoms with Crippen LogP contribution in [-0.2, 0) is 12.6 Å². The number of amides is 1. The molecule has 2 N–H and O–H groups in total. The summed E-state index contributed by atoms with van der Waals surface area (Å²) in [7, 11) is 1.78. The zero-order chi connectivity index (χ0) is 19.2. The van der Waals surface area contributed by atoms with E-state index in [0.717, 1.165) is 5.56 Å². The van der Waals surface area contributed by atoms with Crippen LogP contribution in [0.25, 0.3) is 0 Å². The molecule has 2 aromatic rings. The Hall–Kier alpha value is -2.14. The molecule has 5 heteroatoms. The number of para-hydroxylation sites is 1. The molecule has 25 heavy (non-hydrogen) atoms. The molecule has 5 nitrogen and oxygen atoms in total. The van der Waals surface area contributed by atoms with Gasteiger partial charge in [-0.3, -0.25) is 9.48 Å². The number of nitrogens with one attached hydrogen (secondary N) is 1. The van der Waals surface area contributed by atoms with Crippen LogP contribution in [0.1, 0.15) is 62.7 Å². The van der Waals surface area contributed by atoms with E-state index < -0.39 is 5.60 Å². The number of aromatic nitrogens is 2. The number of aryl methyl sites for hydroxylation is 2. The lowest BCUT2D eigenvalue weighted by atomic mass is 9.86. The minimum atomic E-state index is -0.998. The Labute approximate surface area is 151 Å². The van der Waals surface area contributed by atoms with E-state index in [4.69, 9.17) is 0 Å². The van der Waals surface area contributed by atoms with Gasteiger partial charge in [-0.1, -0.05) is 45.9 Å². The van der Waals surface area contributed by atoms with Crippen LogP contribution in [0, 0.1) is 12.8 Å². The van der Waals surface area contributed by atoms with E-state index in [1.54, 1.807) is 31.8 Å². The number of carbonyl (C=O) groups is 1. The maximum absolute atomic E-state index is 12.5. The fourth-order valence-corrected chi connectivity index (χ4v) is 2.98. The highest BCUT2D eigenvalue weighted by atomic mass is 16.3. The molecular weight excluding hydrogens is 314 g/mol. The molecule has 1 heterocycles. The Balaban J connectivity index is 0.00000151. The molecule has 1 aromatic heterocycles. The van der Waals surface area contributed by atoms with Crippen molar-refractivity contribution in [2.45, 2.75) is 53.6 Å². The van der Waals surface area contributed by atoms with Gasteiger partial charge in [-0.15, -0.1) is 0 Å². The van der Waals surface area contributed by atoms with E-state index in [9.17, 15) is 9.90 Å². The van der Waals surface area contributed by atoms with E-state index in [2.05, 4.69) is 24.3 Å². The van der Waals surface area contributed by atoms with E-state index in [1.807, 2.05) is 38.1 Å². The van der Waals surface area contributed by atoms with Crippen molar-refractivity contribution in [3.63, 3.8) is 0 Å². The molecule has 1 unspecified atom stereocenters. The summed E-state index contributed by atoms with van der Waals surface area (Å²) in [5, 5.41) is 17.9. The molecule has 0 saturated carbocycles. The molecule has 1 aromatic carbocycles. The highest BCUT2D eigenvalue weighted by Crippen LogP contribution is 2.33. The van der Waals surface area contributed by atoms with Gasteiger partial charge >= 0.3 is 0 Å². The van der Waals surface area contributed by atoms with Crippen molar-refractivity contribution < 1.29 is 9.90 Å². The summed E-state index contributed by atoms with van der Waals surface area (Å²) < 4.78 is 1.62. The molecule has 0 aliphatic heterocycles. The summed E-state index contributed by atoms with van der Waals surface area (Å²) in [4.78, 5) is 12.5. The lowest BCUT2D eigenvalue weighted by molar-refractivity contribution is 0.0356. The predicted molar refractivity (Wildman–Crippen MR) is 103 cm³/mol. The predicted octanol–water partition coefficient (Wildman–Crippen LogP) is 4.26. The van der Waals surface area contributed by atoms with Crippen LogP contribution < -0.4 is 5.32 Å². The smallest absolute Gasteiger partial charge is 0.259 e. The van der Waals surface area contributed by atoms with E-state index in [-0.39, 0.29) is 5.91 Å². The number of benzene rings is 1. The van der Waals surface area contributed by atoms with Crippen molar-refractivity contribution in [1.82, 2.24) is 9.78 Å². The van der Waals surface area contributed by atoms with Gasteiger partial charge in [-0.05, 0) is 32.3 Å². The minimum Gasteiger partial charge on any atom is -0.385 e. The van der Waals surface area contributed by atoms with Crippen molar-refractivity contribution in [3.05, 3.63) is 47.3 Å². The highest BCUT2D eigenvalue weighted by Gasteiger charge is 2.27. The Bertz CT molecular complexity index is 703. The highest BCUT2D eigenvalue weighted by molar-refractivity contribution is 6.05. The Morgan fingerprint density at radius 2 is 1.92 bits per heavy atom. The molecule has 0 fully saturated rings. The van der Waals surface area contributed by atoms with Crippen molar-refractivity contribution in [3.8, 4) is 0 Å². The van der Waals surface area contributed by atoms with Gasteiger partial charge in [0.2, 0.25) is 0 Å². The second kappa shape index (κ2) is 8.81. The third-order valence-electron chi connectivity index (χ3n) is 3.82. The average molecular weight is 345 g/mol. The van der Waals surface area contributed by atoms with Crippen molar-refractivity contribution in [2.75, 3.05) is 5.32 Å². The number of aliphatic hydroxyl groups is 1. The first kappa shape index (κ1) is 20.9. The molecule has 138 valence electrons. The zero-order valence-electron chi connectivity index (χ0n) is 16.4. The summed E-state index contributed by atoms with van der Waals surface area (Å²) >= 11 is 0. The molecule has 0 spiro atoms. The number of nitrogens with zero attached hydrogens (tertiary/aromatic N) is 2. The van der Waals surface area contributed by atoms with Crippen LogP contribution in [0.2, 0.25) is 0 Å². The normalized spacial score (nSPS) is 13.0. The quantitative estimate of drug-likeness (QED) is 0.851. The van der Waals surface area contributed by atoms with Gasteiger partial charge in [0.05, 0.1) is 16.9 Å². The van der Waals surface area contributed by atoms with Crippen LogP contribution in [-0.4, -0.2) is 20.8 Å². The molecule has 0 radical (unpaired) electrons. The molecule has 0 aliphatic carbocycles. The van der Waals surface area contributed by atoms with Gasteiger partial charge in [0.15, 0.2) is 0 Å². The molecule has 0 bridgehead atoms. The van der Waals surface area contributed by atoms with Crippen LogP contribution >= 0.6 is 0 Å². The summed E-state index contributed by atoms with van der Waals surface area (Å²) in [5.41, 5.74) is 1.57. The largest absolute Gasteiger partial charge is 0.385 e. The van der Waals surface area contributed by atoms with Gasteiger partial charge in [-0.25, -0.2) is 0 Å². The number of anilines is 1. The Morgan fingerprint density at radius 1 is 1.32 bits per heavy atom. The first-order valence-corrected chi connectivity index (χ1v) is 8.84. The Morgan fingerprint density at radius 3 is 2.44 bits per heavy atom. The second-order valence-electron chi connectivity index (χ2n) is 6.67. The molecular formula is C20H31N3O2. The van der Waals surface area contributed by atoms with Crippen LogP contribution in [0.15, 0.2) is 30.5 Å². The van der Waals surface area contributed by atoms with Crippen molar-refractivity contribution in [1.29, 1.82) is 0 Å². The summed E-state index contributed by atoms with van der Waals surface area (Å²) in [6, 6.07) is 7.39. The van der Waals surface area contributed by atoms with Crippen molar-refractivity contribution >= 4 is 11.6 Å². The third kappa shape index (κ3) is 5.43. The van der Waals surface area contributed by atoms with Gasteiger partial charge in [0.1, 0.15) is 0 Å². The summed E-state index contributed by atoms with van der Waals surface area (Å²) in [5.74, 6) is 0.123. The summed E-state index contributed by atoms with van der Waals surface area (Å²) in [6.07, 6.45) is 2.31. The SMILES string of the molecule is CC.Cc1nn(C)cc1C(=O)Nc1ccccc1C(C)(O)CC(C)C. The monoisotopic (exact) mass is 345 g/mol. The molecule has 1 amide bonds. The fourth-order valence-electron chi connectivity index (χ4n) is 2.98. The van der Waals surface area contributed by atoms with Gasteiger partial charge in [-0.2, -0.15) is 5.10 Å². The molecule has 1 atom stereocenters. The number of hydrogen-bond acceptors (Lipinski definition) is 3. The van der Waals surface area contributed by atoms with E-state index >= 15 is 0 Å².